The van der Waals surface area contributed by atoms with E-state index in [1.54, 1.807) is 0 Å². The molecule has 1 aromatic rings. The molecule has 0 saturated heterocycles. The van der Waals surface area contributed by atoms with Gasteiger partial charge < -0.3 is 10.4 Å². The SMILES string of the molecule is CC(C)Cc1nnc(NC(=O)NC(C(=O)O)C2CC2)s1. The Labute approximate surface area is 120 Å². The summed E-state index contributed by atoms with van der Waals surface area (Å²) < 4.78 is 0. The Morgan fingerprint density at radius 2 is 2.10 bits per heavy atom. The second-order valence-electron chi connectivity index (χ2n) is 5.35. The van der Waals surface area contributed by atoms with E-state index in [0.29, 0.717) is 11.0 Å². The highest BCUT2D eigenvalue weighted by Crippen LogP contribution is 2.32. The van der Waals surface area contributed by atoms with E-state index in [1.165, 1.54) is 11.3 Å². The lowest BCUT2D eigenvalue weighted by atomic mass is 10.1. The van der Waals surface area contributed by atoms with Crippen LogP contribution >= 0.6 is 11.3 Å². The van der Waals surface area contributed by atoms with Crippen LogP contribution in [0.1, 0.15) is 31.7 Å². The Kier molecular flexibility index (Phi) is 4.53. The van der Waals surface area contributed by atoms with E-state index in [2.05, 4.69) is 34.7 Å². The fourth-order valence-electron chi connectivity index (χ4n) is 1.82. The minimum absolute atomic E-state index is 0.0455. The molecule has 1 heterocycles. The van der Waals surface area contributed by atoms with E-state index in [-0.39, 0.29) is 5.92 Å². The summed E-state index contributed by atoms with van der Waals surface area (Å²) in [6.07, 6.45) is 2.49. The molecule has 3 N–H and O–H groups in total. The molecule has 0 spiro atoms. The molecule has 1 fully saturated rings. The first-order chi connectivity index (χ1) is 9.45. The summed E-state index contributed by atoms with van der Waals surface area (Å²) in [6, 6.07) is -1.37. The molecule has 2 amide bonds. The normalized spacial score (nSPS) is 15.9. The second-order valence-corrected chi connectivity index (χ2v) is 6.41. The molecule has 1 aromatic heterocycles. The smallest absolute Gasteiger partial charge is 0.326 e. The van der Waals surface area contributed by atoms with Gasteiger partial charge in [-0.2, -0.15) is 0 Å². The average molecular weight is 298 g/mol. The molecule has 1 aliphatic carbocycles. The summed E-state index contributed by atoms with van der Waals surface area (Å²) >= 11 is 1.31. The molecule has 1 saturated carbocycles. The highest BCUT2D eigenvalue weighted by Gasteiger charge is 2.37. The highest BCUT2D eigenvalue weighted by atomic mass is 32.1. The Morgan fingerprint density at radius 1 is 1.40 bits per heavy atom. The fourth-order valence-corrected chi connectivity index (χ4v) is 2.77. The molecule has 2 rings (SSSR count). The standard InChI is InChI=1S/C12H18N4O3S/c1-6(2)5-8-15-16-12(20-8)14-11(19)13-9(10(17)18)7-3-4-7/h6-7,9H,3-5H2,1-2H3,(H,17,18)(H2,13,14,16,19). The van der Waals surface area contributed by atoms with Crippen LogP contribution in [-0.4, -0.2) is 33.3 Å². The predicted molar refractivity (Wildman–Crippen MR) is 74.8 cm³/mol. The molecule has 20 heavy (non-hydrogen) atoms. The number of carbonyl (C=O) groups excluding carboxylic acids is 1. The number of carboxylic acid groups (broad SMARTS) is 1. The van der Waals surface area contributed by atoms with Crippen LogP contribution in [-0.2, 0) is 11.2 Å². The molecule has 1 unspecified atom stereocenters. The number of rotatable bonds is 6. The van der Waals surface area contributed by atoms with E-state index < -0.39 is 18.0 Å². The minimum Gasteiger partial charge on any atom is -0.480 e. The zero-order valence-corrected chi connectivity index (χ0v) is 12.2. The van der Waals surface area contributed by atoms with Gasteiger partial charge in [0.05, 0.1) is 0 Å². The van der Waals surface area contributed by atoms with Crippen molar-refractivity contribution in [1.29, 1.82) is 0 Å². The zero-order valence-electron chi connectivity index (χ0n) is 11.4. The second kappa shape index (κ2) is 6.17. The number of anilines is 1. The van der Waals surface area contributed by atoms with Crippen LogP contribution in [0, 0.1) is 11.8 Å². The lowest BCUT2D eigenvalue weighted by Gasteiger charge is -2.12. The van der Waals surface area contributed by atoms with Crippen LogP contribution in [0.15, 0.2) is 0 Å². The monoisotopic (exact) mass is 298 g/mol. The molecule has 1 aliphatic rings. The number of urea groups is 1. The number of carbonyl (C=O) groups is 2. The van der Waals surface area contributed by atoms with Crippen LogP contribution in [0.3, 0.4) is 0 Å². The summed E-state index contributed by atoms with van der Waals surface area (Å²) in [7, 11) is 0. The molecule has 7 nitrogen and oxygen atoms in total. The Balaban J connectivity index is 1.87. The maximum atomic E-state index is 11.7. The zero-order chi connectivity index (χ0) is 14.7. The third-order valence-electron chi connectivity index (χ3n) is 2.92. The van der Waals surface area contributed by atoms with Crippen molar-refractivity contribution >= 4 is 28.5 Å². The number of amides is 2. The first kappa shape index (κ1) is 14.7. The van der Waals surface area contributed by atoms with Crippen LogP contribution in [0.25, 0.3) is 0 Å². The summed E-state index contributed by atoms with van der Waals surface area (Å²) in [5, 5.41) is 23.1. The lowest BCUT2D eigenvalue weighted by Crippen LogP contribution is -2.44. The largest absolute Gasteiger partial charge is 0.480 e. The van der Waals surface area contributed by atoms with Crippen LogP contribution < -0.4 is 10.6 Å². The fraction of sp³-hybridized carbons (Fsp3) is 0.667. The Bertz CT molecular complexity index is 499. The van der Waals surface area contributed by atoms with Crippen molar-refractivity contribution in [3.8, 4) is 0 Å². The van der Waals surface area contributed by atoms with Crippen molar-refractivity contribution in [1.82, 2.24) is 15.5 Å². The summed E-state index contributed by atoms with van der Waals surface area (Å²) in [5.74, 6) is -0.486. The van der Waals surface area contributed by atoms with Crippen molar-refractivity contribution in [2.75, 3.05) is 5.32 Å². The molecular weight excluding hydrogens is 280 g/mol. The van der Waals surface area contributed by atoms with Gasteiger partial charge in [0.25, 0.3) is 0 Å². The molecule has 8 heteroatoms. The van der Waals surface area contributed by atoms with Crippen molar-refractivity contribution < 1.29 is 14.7 Å². The van der Waals surface area contributed by atoms with Gasteiger partial charge in [0.1, 0.15) is 11.0 Å². The predicted octanol–water partition coefficient (Wildman–Crippen LogP) is 1.72. The van der Waals surface area contributed by atoms with Gasteiger partial charge in [-0.1, -0.05) is 25.2 Å². The van der Waals surface area contributed by atoms with E-state index >= 15 is 0 Å². The van der Waals surface area contributed by atoms with E-state index in [9.17, 15) is 9.59 Å². The maximum Gasteiger partial charge on any atom is 0.326 e. The van der Waals surface area contributed by atoms with Crippen LogP contribution in [0.4, 0.5) is 9.93 Å². The topological polar surface area (TPSA) is 104 Å². The number of aromatic nitrogens is 2. The Hall–Kier alpha value is -1.70. The van der Waals surface area contributed by atoms with Crippen LogP contribution in [0.5, 0.6) is 0 Å². The number of nitrogens with zero attached hydrogens (tertiary/aromatic N) is 2. The van der Waals surface area contributed by atoms with Gasteiger partial charge >= 0.3 is 12.0 Å². The molecular formula is C12H18N4O3S. The molecule has 0 radical (unpaired) electrons. The van der Waals surface area contributed by atoms with Gasteiger partial charge in [-0.05, 0) is 24.7 Å². The van der Waals surface area contributed by atoms with Gasteiger partial charge in [-0.15, -0.1) is 10.2 Å². The molecule has 0 bridgehead atoms. The van der Waals surface area contributed by atoms with Crippen molar-refractivity contribution in [3.63, 3.8) is 0 Å². The number of carboxylic acids is 1. The van der Waals surface area contributed by atoms with Gasteiger partial charge in [-0.3, -0.25) is 5.32 Å². The van der Waals surface area contributed by atoms with Crippen molar-refractivity contribution in [2.24, 2.45) is 11.8 Å². The molecule has 1 atom stereocenters. The Morgan fingerprint density at radius 3 is 2.65 bits per heavy atom. The van der Waals surface area contributed by atoms with E-state index in [0.717, 1.165) is 24.3 Å². The number of hydrogen-bond donors (Lipinski definition) is 3. The first-order valence-corrected chi connectivity index (χ1v) is 7.40. The summed E-state index contributed by atoms with van der Waals surface area (Å²) in [4.78, 5) is 22.8. The number of hydrogen-bond acceptors (Lipinski definition) is 5. The third-order valence-corrected chi connectivity index (χ3v) is 3.78. The summed E-state index contributed by atoms with van der Waals surface area (Å²) in [6.45, 7) is 4.16. The third kappa shape index (κ3) is 4.16. The number of aliphatic carboxylic acids is 1. The number of nitrogens with one attached hydrogen (secondary N) is 2. The summed E-state index contributed by atoms with van der Waals surface area (Å²) in [5.41, 5.74) is 0. The van der Waals surface area contributed by atoms with Gasteiger partial charge in [0, 0.05) is 6.42 Å². The van der Waals surface area contributed by atoms with E-state index in [1.807, 2.05) is 0 Å². The molecule has 0 aromatic carbocycles. The highest BCUT2D eigenvalue weighted by molar-refractivity contribution is 7.15. The maximum absolute atomic E-state index is 11.7. The quantitative estimate of drug-likeness (QED) is 0.741. The lowest BCUT2D eigenvalue weighted by molar-refractivity contribution is -0.139. The van der Waals surface area contributed by atoms with Crippen molar-refractivity contribution in [3.05, 3.63) is 5.01 Å². The van der Waals surface area contributed by atoms with Crippen LogP contribution in [0.2, 0.25) is 0 Å². The van der Waals surface area contributed by atoms with Gasteiger partial charge in [0.2, 0.25) is 5.13 Å². The van der Waals surface area contributed by atoms with Crippen molar-refractivity contribution in [2.45, 2.75) is 39.2 Å². The minimum atomic E-state index is -1.000. The van der Waals surface area contributed by atoms with Gasteiger partial charge in [0.15, 0.2) is 0 Å². The van der Waals surface area contributed by atoms with E-state index in [4.69, 9.17) is 5.11 Å². The molecule has 110 valence electrons. The average Bonchev–Trinajstić information content (AvgIpc) is 3.08. The van der Waals surface area contributed by atoms with Gasteiger partial charge in [-0.25, -0.2) is 9.59 Å². The molecule has 0 aliphatic heterocycles. The first-order valence-electron chi connectivity index (χ1n) is 6.58.